The molecule has 1 atom stereocenters. The summed E-state index contributed by atoms with van der Waals surface area (Å²) in [6.45, 7) is 0.504. The first-order chi connectivity index (χ1) is 13.1. The van der Waals surface area contributed by atoms with Gasteiger partial charge in [0.25, 0.3) is 11.8 Å². The van der Waals surface area contributed by atoms with Crippen molar-refractivity contribution < 1.29 is 13.8 Å². The van der Waals surface area contributed by atoms with Gasteiger partial charge in [-0.2, -0.15) is 0 Å². The molecule has 1 unspecified atom stereocenters. The van der Waals surface area contributed by atoms with Crippen LogP contribution >= 0.6 is 0 Å². The van der Waals surface area contributed by atoms with Gasteiger partial charge in [0.15, 0.2) is 11.0 Å². The standard InChI is InChI=1S/C20H17N3O3S/c24-19(21-11-10-14-5-2-1-3-6-14)15-8-9-18-16(13-15)22-20(25)17-7-4-12-23(17)27(18)26/h1-9,12-13H,10-11H2,(H,21,24)(H,22,25). The third-order valence-electron chi connectivity index (χ3n) is 4.34. The molecule has 2 N–H and O–H groups in total. The third kappa shape index (κ3) is 3.41. The van der Waals surface area contributed by atoms with Crippen molar-refractivity contribution in [1.82, 2.24) is 9.29 Å². The summed E-state index contributed by atoms with van der Waals surface area (Å²) >= 11 is 0. The molecule has 3 aromatic rings. The lowest BCUT2D eigenvalue weighted by atomic mass is 10.1. The Hall–Kier alpha value is -3.19. The zero-order valence-electron chi connectivity index (χ0n) is 14.3. The van der Waals surface area contributed by atoms with E-state index in [4.69, 9.17) is 0 Å². The molecule has 27 heavy (non-hydrogen) atoms. The number of anilines is 1. The van der Waals surface area contributed by atoms with Gasteiger partial charge in [-0.1, -0.05) is 30.3 Å². The van der Waals surface area contributed by atoms with Crippen molar-refractivity contribution in [3.8, 4) is 0 Å². The smallest absolute Gasteiger partial charge is 0.273 e. The number of carbonyl (C=O) groups is 2. The van der Waals surface area contributed by atoms with Crippen molar-refractivity contribution in [2.75, 3.05) is 11.9 Å². The summed E-state index contributed by atoms with van der Waals surface area (Å²) in [7, 11) is -1.55. The van der Waals surface area contributed by atoms with Crippen LogP contribution in [0.1, 0.15) is 26.4 Å². The molecule has 0 saturated heterocycles. The first kappa shape index (κ1) is 17.2. The van der Waals surface area contributed by atoms with Crippen molar-refractivity contribution in [1.29, 1.82) is 0 Å². The predicted molar refractivity (Wildman–Crippen MR) is 103 cm³/mol. The first-order valence-corrected chi connectivity index (χ1v) is 9.61. The fourth-order valence-corrected chi connectivity index (χ4v) is 4.16. The molecular weight excluding hydrogens is 362 g/mol. The highest BCUT2D eigenvalue weighted by atomic mass is 32.2. The summed E-state index contributed by atoms with van der Waals surface area (Å²) in [5, 5.41) is 5.61. The van der Waals surface area contributed by atoms with Crippen LogP contribution in [0.15, 0.2) is 71.8 Å². The highest BCUT2D eigenvalue weighted by molar-refractivity contribution is 7.83. The molecule has 1 aliphatic heterocycles. The largest absolute Gasteiger partial charge is 0.352 e. The molecule has 2 aromatic carbocycles. The van der Waals surface area contributed by atoms with Gasteiger partial charge in [0, 0.05) is 18.3 Å². The van der Waals surface area contributed by atoms with Crippen molar-refractivity contribution in [2.45, 2.75) is 11.3 Å². The highest BCUT2D eigenvalue weighted by Crippen LogP contribution is 2.27. The Kier molecular flexibility index (Phi) is 4.60. The van der Waals surface area contributed by atoms with Crippen molar-refractivity contribution >= 4 is 28.5 Å². The Morgan fingerprint density at radius 1 is 1.07 bits per heavy atom. The van der Waals surface area contributed by atoms with Crippen LogP contribution in [0.4, 0.5) is 5.69 Å². The number of carbonyl (C=O) groups excluding carboxylic acids is 2. The minimum atomic E-state index is -1.55. The molecular formula is C20H17N3O3S. The molecule has 136 valence electrons. The zero-order valence-corrected chi connectivity index (χ0v) is 15.2. The van der Waals surface area contributed by atoms with Crippen LogP contribution in [-0.4, -0.2) is 26.5 Å². The molecule has 0 saturated carbocycles. The Bertz CT molecular complexity index is 1040. The molecule has 6 nitrogen and oxygen atoms in total. The van der Waals surface area contributed by atoms with E-state index in [-0.39, 0.29) is 11.8 Å². The Morgan fingerprint density at radius 2 is 1.89 bits per heavy atom. The van der Waals surface area contributed by atoms with Crippen molar-refractivity contribution in [3.63, 3.8) is 0 Å². The second kappa shape index (κ2) is 7.20. The number of rotatable bonds is 4. The van der Waals surface area contributed by atoms with Gasteiger partial charge < -0.3 is 10.6 Å². The zero-order chi connectivity index (χ0) is 18.8. The number of nitrogens with one attached hydrogen (secondary N) is 2. The van der Waals surface area contributed by atoms with Crippen LogP contribution in [-0.2, 0) is 17.4 Å². The molecule has 4 rings (SSSR count). The van der Waals surface area contributed by atoms with E-state index in [0.29, 0.717) is 28.4 Å². The van der Waals surface area contributed by atoms with E-state index in [2.05, 4.69) is 10.6 Å². The van der Waals surface area contributed by atoms with Gasteiger partial charge in [-0.3, -0.25) is 13.6 Å². The molecule has 2 amide bonds. The Morgan fingerprint density at radius 3 is 2.70 bits per heavy atom. The first-order valence-electron chi connectivity index (χ1n) is 8.50. The van der Waals surface area contributed by atoms with Crippen LogP contribution in [0, 0.1) is 0 Å². The summed E-state index contributed by atoms with van der Waals surface area (Å²) in [6.07, 6.45) is 2.33. The van der Waals surface area contributed by atoms with Crippen molar-refractivity contribution in [2.24, 2.45) is 0 Å². The van der Waals surface area contributed by atoms with Gasteiger partial charge >= 0.3 is 0 Å². The number of amides is 2. The summed E-state index contributed by atoms with van der Waals surface area (Å²) in [4.78, 5) is 25.2. The average Bonchev–Trinajstić information content (AvgIpc) is 3.15. The minimum absolute atomic E-state index is 0.238. The molecule has 0 spiro atoms. The molecule has 0 fully saturated rings. The fourth-order valence-electron chi connectivity index (χ4n) is 2.97. The number of nitrogens with zero attached hydrogens (tertiary/aromatic N) is 1. The second-order valence-corrected chi connectivity index (χ2v) is 7.46. The van der Waals surface area contributed by atoms with E-state index in [9.17, 15) is 13.8 Å². The summed E-state index contributed by atoms with van der Waals surface area (Å²) in [5.41, 5.74) is 2.26. The SMILES string of the molecule is O=C(NCCc1ccccc1)c1ccc2c(c1)NC(=O)c1cccn1S2=O. The predicted octanol–water partition coefficient (Wildman–Crippen LogP) is 2.60. The lowest BCUT2D eigenvalue weighted by molar-refractivity contribution is 0.0952. The van der Waals surface area contributed by atoms with E-state index in [1.807, 2.05) is 30.3 Å². The number of hydrogen-bond donors (Lipinski definition) is 2. The maximum atomic E-state index is 12.7. The second-order valence-electron chi connectivity index (χ2n) is 6.12. The van der Waals surface area contributed by atoms with Gasteiger partial charge in [0.2, 0.25) is 0 Å². The molecule has 0 radical (unpaired) electrons. The van der Waals surface area contributed by atoms with E-state index < -0.39 is 11.0 Å². The average molecular weight is 379 g/mol. The van der Waals surface area contributed by atoms with E-state index >= 15 is 0 Å². The van der Waals surface area contributed by atoms with Crippen molar-refractivity contribution in [3.05, 3.63) is 83.7 Å². The molecule has 2 heterocycles. The Labute approximate surface area is 158 Å². The molecule has 1 aliphatic rings. The normalized spacial score (nSPS) is 15.3. The van der Waals surface area contributed by atoms with Crippen LogP contribution < -0.4 is 10.6 Å². The Balaban J connectivity index is 1.51. The minimum Gasteiger partial charge on any atom is -0.352 e. The number of benzene rings is 2. The molecule has 0 aliphatic carbocycles. The van der Waals surface area contributed by atoms with Gasteiger partial charge in [-0.25, -0.2) is 4.21 Å². The summed E-state index contributed by atoms with van der Waals surface area (Å²) in [6, 6.07) is 18.0. The lowest BCUT2D eigenvalue weighted by Crippen LogP contribution is -2.26. The van der Waals surface area contributed by atoms with E-state index in [1.54, 1.807) is 36.5 Å². The monoisotopic (exact) mass is 379 g/mol. The van der Waals surface area contributed by atoms with Crippen LogP contribution in [0.2, 0.25) is 0 Å². The topological polar surface area (TPSA) is 80.2 Å². The van der Waals surface area contributed by atoms with E-state index in [0.717, 1.165) is 12.0 Å². The van der Waals surface area contributed by atoms with Crippen LogP contribution in [0.5, 0.6) is 0 Å². The highest BCUT2D eigenvalue weighted by Gasteiger charge is 2.24. The molecule has 0 bridgehead atoms. The van der Waals surface area contributed by atoms with Gasteiger partial charge in [-0.05, 0) is 42.3 Å². The van der Waals surface area contributed by atoms with Crippen LogP contribution in [0.3, 0.4) is 0 Å². The number of aromatic nitrogens is 1. The fraction of sp³-hybridized carbons (Fsp3) is 0.100. The van der Waals surface area contributed by atoms with E-state index in [1.165, 1.54) is 3.97 Å². The third-order valence-corrected chi connectivity index (χ3v) is 5.75. The quantitative estimate of drug-likeness (QED) is 0.731. The maximum Gasteiger partial charge on any atom is 0.273 e. The molecule has 1 aromatic heterocycles. The van der Waals surface area contributed by atoms with Gasteiger partial charge in [-0.15, -0.1) is 0 Å². The van der Waals surface area contributed by atoms with Crippen LogP contribution in [0.25, 0.3) is 0 Å². The lowest BCUT2D eigenvalue weighted by Gasteiger charge is -2.10. The summed E-state index contributed by atoms with van der Waals surface area (Å²) in [5.74, 6) is -0.591. The van der Waals surface area contributed by atoms with Gasteiger partial charge in [0.1, 0.15) is 5.69 Å². The summed E-state index contributed by atoms with van der Waals surface area (Å²) < 4.78 is 14.1. The maximum absolute atomic E-state index is 12.7. The number of fused-ring (bicyclic) bond motifs is 2. The van der Waals surface area contributed by atoms with Gasteiger partial charge in [0.05, 0.1) is 10.6 Å². The molecule has 7 heteroatoms. The number of hydrogen-bond acceptors (Lipinski definition) is 3.